The number of nitrogens with zero attached hydrogens (tertiary/aromatic N) is 5. The summed E-state index contributed by atoms with van der Waals surface area (Å²) in [6, 6.07) is 14.3. The van der Waals surface area contributed by atoms with Gasteiger partial charge in [-0.1, -0.05) is 39.0 Å². The number of pyridine rings is 1. The molecular weight excluding hydrogens is 398 g/mol. The Morgan fingerprint density at radius 1 is 1.06 bits per heavy atom. The highest BCUT2D eigenvalue weighted by molar-refractivity contribution is 5.94. The number of piperazine rings is 1. The number of hydrogen-bond donors (Lipinski definition) is 0. The molecule has 1 saturated heterocycles. The second-order valence-corrected chi connectivity index (χ2v) is 9.10. The number of rotatable bonds is 7. The van der Waals surface area contributed by atoms with Gasteiger partial charge in [-0.3, -0.25) is 9.20 Å². The first-order valence-electron chi connectivity index (χ1n) is 11.8. The van der Waals surface area contributed by atoms with Crippen LogP contribution in [-0.4, -0.2) is 60.0 Å². The molecule has 4 rings (SSSR count). The van der Waals surface area contributed by atoms with Gasteiger partial charge < -0.3 is 14.7 Å². The molecule has 3 aromatic rings. The van der Waals surface area contributed by atoms with Crippen molar-refractivity contribution in [3.05, 3.63) is 59.9 Å². The lowest BCUT2D eigenvalue weighted by atomic mass is 10.1. The molecule has 32 heavy (non-hydrogen) atoms. The summed E-state index contributed by atoms with van der Waals surface area (Å²) in [5.74, 6) is 1.85. The van der Waals surface area contributed by atoms with E-state index in [1.807, 2.05) is 29.3 Å². The van der Waals surface area contributed by atoms with Gasteiger partial charge in [-0.25, -0.2) is 4.98 Å². The number of para-hydroxylation sites is 1. The minimum absolute atomic E-state index is 0.0992. The van der Waals surface area contributed by atoms with E-state index < -0.39 is 0 Å². The van der Waals surface area contributed by atoms with E-state index in [1.165, 1.54) is 5.69 Å². The van der Waals surface area contributed by atoms with E-state index in [1.54, 1.807) is 0 Å². The number of carbonyl (C=O) groups excluding carboxylic acids is 1. The lowest BCUT2D eigenvalue weighted by molar-refractivity contribution is 0.0746. The third kappa shape index (κ3) is 4.59. The Balaban J connectivity index is 1.53. The van der Waals surface area contributed by atoms with Crippen molar-refractivity contribution in [2.24, 2.45) is 5.92 Å². The number of anilines is 2. The zero-order valence-electron chi connectivity index (χ0n) is 19.8. The van der Waals surface area contributed by atoms with Crippen LogP contribution in [0, 0.1) is 5.92 Å². The molecule has 1 aliphatic heterocycles. The maximum absolute atomic E-state index is 13.3. The maximum Gasteiger partial charge on any atom is 0.255 e. The van der Waals surface area contributed by atoms with Crippen LogP contribution in [0.3, 0.4) is 0 Å². The molecule has 0 saturated carbocycles. The largest absolute Gasteiger partial charge is 0.368 e. The van der Waals surface area contributed by atoms with E-state index in [2.05, 4.69) is 66.3 Å². The molecule has 0 N–H and O–H groups in total. The summed E-state index contributed by atoms with van der Waals surface area (Å²) in [4.78, 5) is 24.7. The van der Waals surface area contributed by atoms with Gasteiger partial charge in [-0.15, -0.1) is 0 Å². The van der Waals surface area contributed by atoms with Crippen LogP contribution in [0.4, 0.5) is 11.5 Å². The zero-order valence-corrected chi connectivity index (χ0v) is 19.8. The number of carbonyl (C=O) groups is 1. The summed E-state index contributed by atoms with van der Waals surface area (Å²) in [7, 11) is 2.13. The number of aryl methyl sites for hydroxylation is 1. The highest BCUT2D eigenvalue weighted by Crippen LogP contribution is 2.24. The van der Waals surface area contributed by atoms with Crippen LogP contribution < -0.4 is 9.80 Å². The summed E-state index contributed by atoms with van der Waals surface area (Å²) in [5, 5.41) is 0. The predicted octanol–water partition coefficient (Wildman–Crippen LogP) is 4.34. The van der Waals surface area contributed by atoms with Gasteiger partial charge in [0.05, 0.1) is 11.3 Å². The summed E-state index contributed by atoms with van der Waals surface area (Å²) in [6.07, 6.45) is 3.97. The van der Waals surface area contributed by atoms with Gasteiger partial charge in [0, 0.05) is 51.7 Å². The maximum atomic E-state index is 13.3. The third-order valence-corrected chi connectivity index (χ3v) is 6.34. The molecule has 0 unspecified atom stereocenters. The van der Waals surface area contributed by atoms with Crippen molar-refractivity contribution in [2.75, 3.05) is 49.6 Å². The summed E-state index contributed by atoms with van der Waals surface area (Å²) >= 11 is 0. The third-order valence-electron chi connectivity index (χ3n) is 6.34. The summed E-state index contributed by atoms with van der Waals surface area (Å²) < 4.78 is 2.10. The molecular formula is C26H35N5O. The van der Waals surface area contributed by atoms with Gasteiger partial charge in [0.1, 0.15) is 11.5 Å². The molecule has 170 valence electrons. The Morgan fingerprint density at radius 3 is 2.44 bits per heavy atom. The number of hydrogen-bond acceptors (Lipinski definition) is 4. The molecule has 0 spiro atoms. The van der Waals surface area contributed by atoms with Gasteiger partial charge in [0.25, 0.3) is 5.91 Å². The number of aromatic nitrogens is 2. The molecule has 6 nitrogen and oxygen atoms in total. The van der Waals surface area contributed by atoms with Crippen molar-refractivity contribution in [2.45, 2.75) is 33.6 Å². The van der Waals surface area contributed by atoms with Crippen molar-refractivity contribution >= 4 is 23.1 Å². The second-order valence-electron chi connectivity index (χ2n) is 9.10. The molecule has 0 atom stereocenters. The number of benzene rings is 1. The van der Waals surface area contributed by atoms with E-state index in [0.29, 0.717) is 5.92 Å². The lowest BCUT2D eigenvalue weighted by Crippen LogP contribution is -2.48. The first-order chi connectivity index (χ1) is 15.5. The van der Waals surface area contributed by atoms with E-state index in [-0.39, 0.29) is 5.91 Å². The quantitative estimate of drug-likeness (QED) is 0.556. The van der Waals surface area contributed by atoms with E-state index in [4.69, 9.17) is 4.98 Å². The van der Waals surface area contributed by atoms with Gasteiger partial charge in [-0.05, 0) is 43.0 Å². The Kier molecular flexibility index (Phi) is 6.68. The molecule has 0 aliphatic carbocycles. The van der Waals surface area contributed by atoms with Crippen LogP contribution in [0.25, 0.3) is 5.65 Å². The molecule has 6 heteroatoms. The Hall–Kier alpha value is -3.02. The fourth-order valence-electron chi connectivity index (χ4n) is 4.40. The minimum atomic E-state index is 0.0992. The highest BCUT2D eigenvalue weighted by Gasteiger charge is 2.24. The van der Waals surface area contributed by atoms with Crippen LogP contribution in [0.15, 0.2) is 48.7 Å². The highest BCUT2D eigenvalue weighted by atomic mass is 16.2. The molecule has 3 heterocycles. The monoisotopic (exact) mass is 433 g/mol. The van der Waals surface area contributed by atoms with Crippen molar-refractivity contribution in [1.82, 2.24) is 14.3 Å². The van der Waals surface area contributed by atoms with E-state index in [0.717, 1.165) is 68.3 Å². The van der Waals surface area contributed by atoms with Crippen LogP contribution in [-0.2, 0) is 6.42 Å². The number of fused-ring (bicyclic) bond motifs is 1. The second kappa shape index (κ2) is 9.63. The molecule has 0 bridgehead atoms. The smallest absolute Gasteiger partial charge is 0.255 e. The minimum Gasteiger partial charge on any atom is -0.368 e. The SMILES string of the molecule is CCc1nc2ccc(C(=O)N3CCN(c4ccccc4)CC3)cn2c1N(C)CCC(C)C. The van der Waals surface area contributed by atoms with Crippen LogP contribution in [0.1, 0.15) is 43.2 Å². The molecule has 1 amide bonds. The lowest BCUT2D eigenvalue weighted by Gasteiger charge is -2.36. The predicted molar refractivity (Wildman–Crippen MR) is 132 cm³/mol. The molecule has 1 aliphatic rings. The molecule has 2 aromatic heterocycles. The van der Waals surface area contributed by atoms with Gasteiger partial charge in [0.2, 0.25) is 0 Å². The van der Waals surface area contributed by atoms with Crippen LogP contribution in [0.5, 0.6) is 0 Å². The first kappa shape index (κ1) is 22.2. The van der Waals surface area contributed by atoms with Gasteiger partial charge in [-0.2, -0.15) is 0 Å². The average Bonchev–Trinajstić information content (AvgIpc) is 3.20. The van der Waals surface area contributed by atoms with Gasteiger partial charge in [0.15, 0.2) is 0 Å². The zero-order chi connectivity index (χ0) is 22.7. The molecule has 1 fully saturated rings. The topological polar surface area (TPSA) is 44.1 Å². The van der Waals surface area contributed by atoms with E-state index >= 15 is 0 Å². The van der Waals surface area contributed by atoms with Crippen LogP contribution >= 0.6 is 0 Å². The first-order valence-corrected chi connectivity index (χ1v) is 11.8. The standard InChI is InChI=1S/C26H35N5O/c1-5-23-25(28(4)14-13-20(2)3)31-19-21(11-12-24(31)27-23)26(32)30-17-15-29(16-18-30)22-9-7-6-8-10-22/h6-12,19-20H,5,13-18H2,1-4H3. The van der Waals surface area contributed by atoms with Crippen molar-refractivity contribution in [3.8, 4) is 0 Å². The van der Waals surface area contributed by atoms with Gasteiger partial charge >= 0.3 is 0 Å². The summed E-state index contributed by atoms with van der Waals surface area (Å²) in [5.41, 5.74) is 3.93. The number of imidazole rings is 1. The normalized spacial score (nSPS) is 14.4. The fraction of sp³-hybridized carbons (Fsp3) is 0.462. The Labute approximate surface area is 191 Å². The van der Waals surface area contributed by atoms with Crippen molar-refractivity contribution < 1.29 is 4.79 Å². The number of amides is 1. The van der Waals surface area contributed by atoms with Crippen molar-refractivity contribution in [3.63, 3.8) is 0 Å². The van der Waals surface area contributed by atoms with E-state index in [9.17, 15) is 4.79 Å². The molecule has 0 radical (unpaired) electrons. The van der Waals surface area contributed by atoms with Crippen molar-refractivity contribution in [1.29, 1.82) is 0 Å². The Morgan fingerprint density at radius 2 is 1.78 bits per heavy atom. The Bertz CT molecular complexity index is 1050. The average molecular weight is 434 g/mol. The fourth-order valence-corrected chi connectivity index (χ4v) is 4.40. The van der Waals surface area contributed by atoms with Crippen LogP contribution in [0.2, 0.25) is 0 Å². The molecule has 1 aromatic carbocycles. The summed E-state index contributed by atoms with van der Waals surface area (Å²) in [6.45, 7) is 10.8.